The van der Waals surface area contributed by atoms with E-state index in [2.05, 4.69) is 0 Å². The molecular formula is C23H26ClNO5S. The molecule has 1 amide bonds. The highest BCUT2D eigenvalue weighted by atomic mass is 35.5. The van der Waals surface area contributed by atoms with E-state index in [1.165, 1.54) is 11.8 Å². The molecule has 0 unspecified atom stereocenters. The molecule has 3 rings (SSSR count). The topological polar surface area (TPSA) is 76.1 Å². The van der Waals surface area contributed by atoms with E-state index in [4.69, 9.17) is 21.1 Å². The minimum atomic E-state index is -1.02. The van der Waals surface area contributed by atoms with E-state index in [-0.39, 0.29) is 23.5 Å². The Morgan fingerprint density at radius 3 is 2.55 bits per heavy atom. The third-order valence-corrected chi connectivity index (χ3v) is 6.74. The van der Waals surface area contributed by atoms with Crippen LogP contribution in [0.2, 0.25) is 5.02 Å². The quantitative estimate of drug-likeness (QED) is 0.620. The Balaban J connectivity index is 2.25. The third kappa shape index (κ3) is 4.93. The summed E-state index contributed by atoms with van der Waals surface area (Å²) in [5.74, 6) is 0.0800. The van der Waals surface area contributed by atoms with Gasteiger partial charge in [-0.1, -0.05) is 37.6 Å². The summed E-state index contributed by atoms with van der Waals surface area (Å²) in [6.45, 7) is 4.53. The van der Waals surface area contributed by atoms with Crippen LogP contribution in [-0.4, -0.2) is 43.0 Å². The van der Waals surface area contributed by atoms with E-state index >= 15 is 0 Å². The van der Waals surface area contributed by atoms with Gasteiger partial charge in [0.2, 0.25) is 5.91 Å². The number of carboxylic acid groups (broad SMARTS) is 1. The number of para-hydroxylation sites is 1. The lowest BCUT2D eigenvalue weighted by Crippen LogP contribution is -2.40. The van der Waals surface area contributed by atoms with E-state index in [0.29, 0.717) is 23.1 Å². The van der Waals surface area contributed by atoms with Crippen molar-refractivity contribution in [2.45, 2.75) is 30.8 Å². The summed E-state index contributed by atoms with van der Waals surface area (Å²) in [7, 11) is 3.13. The van der Waals surface area contributed by atoms with Gasteiger partial charge in [0.25, 0.3) is 0 Å². The zero-order chi connectivity index (χ0) is 22.7. The maximum absolute atomic E-state index is 13.5. The van der Waals surface area contributed by atoms with Gasteiger partial charge >= 0.3 is 5.97 Å². The molecule has 2 aromatic carbocycles. The number of carbonyl (C=O) groups is 2. The Hall–Kier alpha value is -2.38. The Labute approximate surface area is 191 Å². The van der Waals surface area contributed by atoms with Crippen molar-refractivity contribution in [3.05, 3.63) is 52.5 Å². The van der Waals surface area contributed by atoms with Gasteiger partial charge in [0.05, 0.1) is 31.1 Å². The van der Waals surface area contributed by atoms with Crippen molar-refractivity contribution in [3.63, 3.8) is 0 Å². The molecule has 31 heavy (non-hydrogen) atoms. The highest BCUT2D eigenvalue weighted by Gasteiger charge is 2.38. The zero-order valence-corrected chi connectivity index (χ0v) is 19.5. The summed E-state index contributed by atoms with van der Waals surface area (Å²) >= 11 is 7.67. The average Bonchev–Trinajstić information content (AvgIpc) is 2.82. The van der Waals surface area contributed by atoms with Crippen LogP contribution in [0.3, 0.4) is 0 Å². The van der Waals surface area contributed by atoms with Gasteiger partial charge in [0, 0.05) is 22.8 Å². The Morgan fingerprint density at radius 1 is 1.19 bits per heavy atom. The first-order valence-corrected chi connectivity index (χ1v) is 11.3. The normalized spacial score (nSPS) is 18.5. The van der Waals surface area contributed by atoms with Crippen LogP contribution < -0.4 is 14.4 Å². The predicted molar refractivity (Wildman–Crippen MR) is 124 cm³/mol. The molecule has 0 fully saturated rings. The second kappa shape index (κ2) is 9.83. The summed E-state index contributed by atoms with van der Waals surface area (Å²) < 4.78 is 11.1. The summed E-state index contributed by atoms with van der Waals surface area (Å²) in [4.78, 5) is 26.8. The summed E-state index contributed by atoms with van der Waals surface area (Å²) in [5, 5.41) is 8.90. The molecule has 2 aromatic rings. The number of aliphatic carboxylic acids is 1. The van der Waals surface area contributed by atoms with Gasteiger partial charge in [-0.3, -0.25) is 9.59 Å². The SMILES string of the molecule is COc1cccc([C@H]2S[C@H](CC(=O)O)C(=O)N(CC(C)C)c3ccc(Cl)cc32)c1OC. The van der Waals surface area contributed by atoms with Crippen LogP contribution in [0.25, 0.3) is 0 Å². The maximum atomic E-state index is 13.5. The number of amides is 1. The minimum Gasteiger partial charge on any atom is -0.493 e. The molecular weight excluding hydrogens is 438 g/mol. The lowest BCUT2D eigenvalue weighted by Gasteiger charge is -2.27. The molecule has 1 heterocycles. The number of benzene rings is 2. The van der Waals surface area contributed by atoms with Gasteiger partial charge in [0.1, 0.15) is 0 Å². The lowest BCUT2D eigenvalue weighted by molar-refractivity contribution is -0.138. The molecule has 0 bridgehead atoms. The van der Waals surface area contributed by atoms with E-state index < -0.39 is 11.2 Å². The number of nitrogens with zero attached hydrogens (tertiary/aromatic N) is 1. The number of ether oxygens (including phenoxy) is 2. The second-order valence-electron chi connectivity index (χ2n) is 7.73. The number of rotatable bonds is 7. The van der Waals surface area contributed by atoms with Gasteiger partial charge in [-0.25, -0.2) is 0 Å². The molecule has 0 radical (unpaired) electrons. The van der Waals surface area contributed by atoms with Gasteiger partial charge in [-0.2, -0.15) is 0 Å². The van der Waals surface area contributed by atoms with E-state index in [9.17, 15) is 14.7 Å². The molecule has 166 valence electrons. The van der Waals surface area contributed by atoms with Crippen molar-refractivity contribution < 1.29 is 24.2 Å². The number of anilines is 1. The number of carboxylic acids is 1. The van der Waals surface area contributed by atoms with E-state index in [1.54, 1.807) is 31.3 Å². The highest BCUT2D eigenvalue weighted by molar-refractivity contribution is 8.01. The van der Waals surface area contributed by atoms with Crippen molar-refractivity contribution in [1.82, 2.24) is 0 Å². The van der Waals surface area contributed by atoms with Gasteiger partial charge in [-0.15, -0.1) is 11.8 Å². The molecule has 0 aromatic heterocycles. The first-order valence-electron chi connectivity index (χ1n) is 9.95. The number of halogens is 1. The molecule has 6 nitrogen and oxygen atoms in total. The van der Waals surface area contributed by atoms with Crippen molar-refractivity contribution >= 4 is 40.9 Å². The molecule has 2 atom stereocenters. The second-order valence-corrected chi connectivity index (χ2v) is 9.48. The predicted octanol–water partition coefficient (Wildman–Crippen LogP) is 5.03. The summed E-state index contributed by atoms with van der Waals surface area (Å²) in [6.07, 6.45) is -0.275. The monoisotopic (exact) mass is 463 g/mol. The van der Waals surface area contributed by atoms with Gasteiger partial charge < -0.3 is 19.5 Å². The minimum absolute atomic E-state index is 0.200. The molecule has 1 aliphatic heterocycles. The molecule has 0 saturated carbocycles. The fraction of sp³-hybridized carbons (Fsp3) is 0.391. The van der Waals surface area contributed by atoms with Crippen LogP contribution in [0.15, 0.2) is 36.4 Å². The average molecular weight is 464 g/mol. The fourth-order valence-electron chi connectivity index (χ4n) is 3.78. The Morgan fingerprint density at radius 2 is 1.94 bits per heavy atom. The number of hydrogen-bond acceptors (Lipinski definition) is 5. The fourth-order valence-corrected chi connectivity index (χ4v) is 5.44. The highest BCUT2D eigenvalue weighted by Crippen LogP contribution is 2.51. The van der Waals surface area contributed by atoms with Crippen molar-refractivity contribution in [1.29, 1.82) is 0 Å². The van der Waals surface area contributed by atoms with Crippen LogP contribution in [0.5, 0.6) is 11.5 Å². The van der Waals surface area contributed by atoms with Crippen LogP contribution >= 0.6 is 23.4 Å². The van der Waals surface area contributed by atoms with Gasteiger partial charge in [-0.05, 0) is 35.7 Å². The molecule has 8 heteroatoms. The van der Waals surface area contributed by atoms with Crippen molar-refractivity contribution in [3.8, 4) is 11.5 Å². The first kappa shape index (κ1) is 23.3. The van der Waals surface area contributed by atoms with E-state index in [1.807, 2.05) is 38.1 Å². The van der Waals surface area contributed by atoms with Crippen LogP contribution in [0, 0.1) is 5.92 Å². The lowest BCUT2D eigenvalue weighted by atomic mass is 9.99. The van der Waals surface area contributed by atoms with Crippen LogP contribution in [0.4, 0.5) is 5.69 Å². The number of carbonyl (C=O) groups excluding carboxylic acids is 1. The zero-order valence-electron chi connectivity index (χ0n) is 17.9. The van der Waals surface area contributed by atoms with Gasteiger partial charge in [0.15, 0.2) is 11.5 Å². The van der Waals surface area contributed by atoms with Crippen LogP contribution in [0.1, 0.15) is 36.6 Å². The largest absolute Gasteiger partial charge is 0.493 e. The third-order valence-electron chi connectivity index (χ3n) is 5.03. The first-order chi connectivity index (χ1) is 14.8. The van der Waals surface area contributed by atoms with E-state index in [0.717, 1.165) is 16.8 Å². The molecule has 0 aliphatic carbocycles. The number of methoxy groups -OCH3 is 2. The number of thioether (sulfide) groups is 1. The number of fused-ring (bicyclic) bond motifs is 1. The Kier molecular flexibility index (Phi) is 7.38. The maximum Gasteiger partial charge on any atom is 0.305 e. The van der Waals surface area contributed by atoms with Crippen LogP contribution in [-0.2, 0) is 9.59 Å². The van der Waals surface area contributed by atoms with Crippen molar-refractivity contribution in [2.75, 3.05) is 25.7 Å². The molecule has 1 aliphatic rings. The van der Waals surface area contributed by atoms with Crippen molar-refractivity contribution in [2.24, 2.45) is 5.92 Å². The molecule has 0 spiro atoms. The molecule has 1 N–H and O–H groups in total. The summed E-state index contributed by atoms with van der Waals surface area (Å²) in [6, 6.07) is 11.0. The number of hydrogen-bond donors (Lipinski definition) is 1. The molecule has 0 saturated heterocycles. The smallest absolute Gasteiger partial charge is 0.305 e. The Bertz CT molecular complexity index is 980. The summed E-state index contributed by atoms with van der Waals surface area (Å²) in [5.41, 5.74) is 2.37. The standard InChI is InChI=1S/C23H26ClNO5S/c1-13(2)12-25-17-9-8-14(24)10-16(17)22(31-19(23(25)28)11-20(26)27)15-6-5-7-18(29-3)21(15)30-4/h5-10,13,19,22H,11-12H2,1-4H3,(H,26,27)/t19-,22-/m1/s1.